The molecule has 2 atom stereocenters. The second-order valence-electron chi connectivity index (χ2n) is 6.27. The second kappa shape index (κ2) is 7.29. The van der Waals surface area contributed by atoms with E-state index in [1.165, 1.54) is 6.42 Å². The quantitative estimate of drug-likeness (QED) is 0.677. The van der Waals surface area contributed by atoms with Crippen LogP contribution in [0.3, 0.4) is 0 Å². The number of hydrogen-bond acceptors (Lipinski definition) is 2. The summed E-state index contributed by atoms with van der Waals surface area (Å²) >= 11 is 0. The molecule has 2 N–H and O–H groups in total. The highest BCUT2D eigenvalue weighted by Gasteiger charge is 2.29. The molecule has 0 rings (SSSR count). The Morgan fingerprint density at radius 1 is 1.19 bits per heavy atom. The van der Waals surface area contributed by atoms with Crippen LogP contribution in [0.25, 0.3) is 0 Å². The highest BCUT2D eigenvalue weighted by molar-refractivity contribution is 4.83. The van der Waals surface area contributed by atoms with Crippen LogP contribution in [0.15, 0.2) is 0 Å². The first kappa shape index (κ1) is 15.9. The lowest BCUT2D eigenvalue weighted by molar-refractivity contribution is -0.0360. The first-order valence-corrected chi connectivity index (χ1v) is 6.66. The van der Waals surface area contributed by atoms with Crippen molar-refractivity contribution >= 4 is 0 Å². The highest BCUT2D eigenvalue weighted by atomic mass is 16.5. The van der Waals surface area contributed by atoms with Gasteiger partial charge in [-0.25, -0.2) is 0 Å². The molecule has 0 aliphatic carbocycles. The molecular formula is C14H31NO. The van der Waals surface area contributed by atoms with E-state index in [1.54, 1.807) is 0 Å². The molecule has 0 bridgehead atoms. The molecule has 0 radical (unpaired) electrons. The zero-order valence-corrected chi connectivity index (χ0v) is 12.0. The van der Waals surface area contributed by atoms with Crippen molar-refractivity contribution in [3.8, 4) is 0 Å². The van der Waals surface area contributed by atoms with Gasteiger partial charge in [-0.05, 0) is 30.6 Å². The third-order valence-electron chi connectivity index (χ3n) is 2.94. The Labute approximate surface area is 102 Å². The van der Waals surface area contributed by atoms with Gasteiger partial charge in [-0.2, -0.15) is 0 Å². The summed E-state index contributed by atoms with van der Waals surface area (Å²) in [5.74, 6) is 0.761. The predicted octanol–water partition coefficient (Wildman–Crippen LogP) is 3.59. The van der Waals surface area contributed by atoms with E-state index in [4.69, 9.17) is 10.5 Å². The number of nitrogens with two attached hydrogens (primary N) is 1. The molecule has 0 fully saturated rings. The molecule has 0 aliphatic rings. The molecule has 98 valence electrons. The smallest absolute Gasteiger partial charge is 0.0773 e. The molecule has 2 nitrogen and oxygen atoms in total. The Kier molecular flexibility index (Phi) is 7.25. The van der Waals surface area contributed by atoms with E-state index >= 15 is 0 Å². The van der Waals surface area contributed by atoms with Crippen molar-refractivity contribution in [1.29, 1.82) is 0 Å². The minimum atomic E-state index is 0.132. The first-order valence-electron chi connectivity index (χ1n) is 6.66. The van der Waals surface area contributed by atoms with E-state index < -0.39 is 0 Å². The summed E-state index contributed by atoms with van der Waals surface area (Å²) in [5.41, 5.74) is 6.25. The number of rotatable bonds is 7. The van der Waals surface area contributed by atoms with Crippen LogP contribution >= 0.6 is 0 Å². The van der Waals surface area contributed by atoms with E-state index in [0.717, 1.165) is 25.4 Å². The minimum absolute atomic E-state index is 0.132. The zero-order chi connectivity index (χ0) is 12.8. The van der Waals surface area contributed by atoms with Crippen molar-refractivity contribution in [1.82, 2.24) is 0 Å². The van der Waals surface area contributed by atoms with Crippen LogP contribution in [0.5, 0.6) is 0 Å². The summed E-state index contributed by atoms with van der Waals surface area (Å²) in [5, 5.41) is 0. The molecule has 0 heterocycles. The van der Waals surface area contributed by atoms with Crippen LogP contribution < -0.4 is 5.73 Å². The van der Waals surface area contributed by atoms with E-state index in [-0.39, 0.29) is 17.6 Å². The van der Waals surface area contributed by atoms with Crippen molar-refractivity contribution in [2.45, 2.75) is 73.0 Å². The third kappa shape index (κ3) is 6.49. The fourth-order valence-corrected chi connectivity index (χ4v) is 1.93. The SMILES string of the molecule is CCC(N)C(OCCCC(C)C)C(C)(C)C. The first-order chi connectivity index (χ1) is 7.29. The van der Waals surface area contributed by atoms with Gasteiger partial charge in [0.15, 0.2) is 0 Å². The largest absolute Gasteiger partial charge is 0.376 e. The Balaban J connectivity index is 4.04. The topological polar surface area (TPSA) is 35.2 Å². The van der Waals surface area contributed by atoms with Crippen LogP contribution in [-0.4, -0.2) is 18.8 Å². The lowest BCUT2D eigenvalue weighted by Crippen LogP contribution is -2.45. The third-order valence-corrected chi connectivity index (χ3v) is 2.94. The molecule has 0 aromatic carbocycles. The maximum absolute atomic E-state index is 6.12. The van der Waals surface area contributed by atoms with Crippen LogP contribution in [0.4, 0.5) is 0 Å². The normalized spacial score (nSPS) is 16.5. The summed E-state index contributed by atoms with van der Waals surface area (Å²) in [6, 6.07) is 0.152. The molecule has 0 amide bonds. The summed E-state index contributed by atoms with van der Waals surface area (Å²) in [6.07, 6.45) is 3.52. The summed E-state index contributed by atoms with van der Waals surface area (Å²) in [7, 11) is 0. The fourth-order valence-electron chi connectivity index (χ4n) is 1.93. The lowest BCUT2D eigenvalue weighted by Gasteiger charge is -2.35. The predicted molar refractivity (Wildman–Crippen MR) is 71.5 cm³/mol. The summed E-state index contributed by atoms with van der Waals surface area (Å²) in [4.78, 5) is 0. The molecule has 0 aromatic heterocycles. The molecule has 0 aromatic rings. The standard InChI is InChI=1S/C14H31NO/c1-7-12(15)13(14(4,5)6)16-10-8-9-11(2)3/h11-13H,7-10,15H2,1-6H3. The van der Waals surface area contributed by atoms with Crippen molar-refractivity contribution in [2.75, 3.05) is 6.61 Å². The van der Waals surface area contributed by atoms with Gasteiger partial charge < -0.3 is 10.5 Å². The van der Waals surface area contributed by atoms with Crippen molar-refractivity contribution < 1.29 is 4.74 Å². The van der Waals surface area contributed by atoms with Gasteiger partial charge in [0.05, 0.1) is 6.10 Å². The lowest BCUT2D eigenvalue weighted by atomic mass is 9.84. The summed E-state index contributed by atoms with van der Waals surface area (Å²) in [6.45, 7) is 14.1. The van der Waals surface area contributed by atoms with E-state index in [9.17, 15) is 0 Å². The molecule has 2 heteroatoms. The maximum Gasteiger partial charge on any atom is 0.0773 e. The van der Waals surface area contributed by atoms with Crippen LogP contribution in [0.2, 0.25) is 0 Å². The van der Waals surface area contributed by atoms with Gasteiger partial charge in [0.25, 0.3) is 0 Å². The molecule has 0 saturated carbocycles. The molecule has 16 heavy (non-hydrogen) atoms. The Morgan fingerprint density at radius 2 is 1.75 bits per heavy atom. The van der Waals surface area contributed by atoms with Gasteiger partial charge in [0.1, 0.15) is 0 Å². The molecule has 0 spiro atoms. The van der Waals surface area contributed by atoms with Crippen molar-refractivity contribution in [3.63, 3.8) is 0 Å². The molecule has 2 unspecified atom stereocenters. The number of hydrogen-bond donors (Lipinski definition) is 1. The minimum Gasteiger partial charge on any atom is -0.376 e. The Bertz CT molecular complexity index is 172. The summed E-state index contributed by atoms with van der Waals surface area (Å²) < 4.78 is 5.98. The van der Waals surface area contributed by atoms with Gasteiger partial charge in [-0.1, -0.05) is 41.5 Å². The van der Waals surface area contributed by atoms with Gasteiger partial charge in [-0.15, -0.1) is 0 Å². The molecule has 0 saturated heterocycles. The van der Waals surface area contributed by atoms with Crippen LogP contribution in [0.1, 0.15) is 60.8 Å². The van der Waals surface area contributed by atoms with E-state index in [2.05, 4.69) is 41.5 Å². The fraction of sp³-hybridized carbons (Fsp3) is 1.00. The monoisotopic (exact) mass is 229 g/mol. The van der Waals surface area contributed by atoms with Gasteiger partial charge >= 0.3 is 0 Å². The van der Waals surface area contributed by atoms with Crippen LogP contribution in [0, 0.1) is 11.3 Å². The van der Waals surface area contributed by atoms with E-state index in [0.29, 0.717) is 0 Å². The molecule has 0 aliphatic heterocycles. The Hall–Kier alpha value is -0.0800. The molecular weight excluding hydrogens is 198 g/mol. The highest BCUT2D eigenvalue weighted by Crippen LogP contribution is 2.25. The van der Waals surface area contributed by atoms with Crippen molar-refractivity contribution in [2.24, 2.45) is 17.1 Å². The van der Waals surface area contributed by atoms with E-state index in [1.807, 2.05) is 0 Å². The van der Waals surface area contributed by atoms with Crippen molar-refractivity contribution in [3.05, 3.63) is 0 Å². The van der Waals surface area contributed by atoms with Gasteiger partial charge in [-0.3, -0.25) is 0 Å². The maximum atomic E-state index is 6.12. The average Bonchev–Trinajstić information content (AvgIpc) is 2.14. The second-order valence-corrected chi connectivity index (χ2v) is 6.27. The van der Waals surface area contributed by atoms with Crippen LogP contribution in [-0.2, 0) is 4.74 Å². The van der Waals surface area contributed by atoms with Gasteiger partial charge in [0, 0.05) is 12.6 Å². The average molecular weight is 229 g/mol. The number of ether oxygens (including phenoxy) is 1. The Morgan fingerprint density at radius 3 is 2.12 bits per heavy atom. The zero-order valence-electron chi connectivity index (χ0n) is 12.0. The van der Waals surface area contributed by atoms with Gasteiger partial charge in [0.2, 0.25) is 0 Å².